The Labute approximate surface area is 217 Å². The zero-order valence-electron chi connectivity index (χ0n) is 23.0. The molecule has 0 unspecified atom stereocenters. The molecule has 5 heterocycles. The summed E-state index contributed by atoms with van der Waals surface area (Å²) in [5, 5.41) is 6.69. The van der Waals surface area contributed by atoms with Crippen molar-refractivity contribution in [2.45, 2.75) is 37.9 Å². The molecular weight excluding hydrogens is 513 g/mol. The highest BCUT2D eigenvalue weighted by Gasteiger charge is 2.51. The number of aromatic nitrogens is 5. The maximum Gasteiger partial charge on any atom is 0.281 e. The second-order valence-electron chi connectivity index (χ2n) is 9.43. The number of halogens is 5. The van der Waals surface area contributed by atoms with Gasteiger partial charge in [0.05, 0.1) is 66.3 Å². The van der Waals surface area contributed by atoms with E-state index in [1.54, 1.807) is 11.8 Å². The fourth-order valence-electron chi connectivity index (χ4n) is 5.03. The van der Waals surface area contributed by atoms with Gasteiger partial charge in [0.1, 0.15) is 17.4 Å². The van der Waals surface area contributed by atoms with Crippen molar-refractivity contribution in [1.29, 1.82) is 0 Å². The Hall–Kier alpha value is -3.52. The van der Waals surface area contributed by atoms with Crippen molar-refractivity contribution >= 4 is 22.5 Å². The predicted octanol–water partition coefficient (Wildman–Crippen LogP) is 3.60. The standard InChI is InChI=1S/C24H24F5N7O2/c1-12-30-16-4-3-13(5-17(16)35(12)8-19(26)27)20-15(25)6-36-21(20)22(37-2)32-23(33-36)31-18-7-34(11-24(18,28)29)14-9-38-10-14/h3-6,14,18-19H,7-11H2,1-2H3,(H,31,33)/t18-/m1/s1/i2D3. The van der Waals surface area contributed by atoms with Gasteiger partial charge in [0.25, 0.3) is 12.3 Å². The minimum Gasteiger partial charge on any atom is -0.479 e. The second kappa shape index (κ2) is 9.05. The third-order valence-corrected chi connectivity index (χ3v) is 6.98. The minimum absolute atomic E-state index is 0.0467. The summed E-state index contributed by atoms with van der Waals surface area (Å²) in [5.74, 6) is -4.66. The number of nitrogens with one attached hydrogen (secondary N) is 1. The average molecular weight is 541 g/mol. The van der Waals surface area contributed by atoms with Crippen LogP contribution >= 0.6 is 0 Å². The van der Waals surface area contributed by atoms with E-state index in [0.717, 1.165) is 10.7 Å². The molecule has 0 saturated carbocycles. The molecule has 1 aromatic carbocycles. The molecule has 1 atom stereocenters. The van der Waals surface area contributed by atoms with Crippen LogP contribution in [0.2, 0.25) is 0 Å². The van der Waals surface area contributed by atoms with Gasteiger partial charge in [0.15, 0.2) is 5.82 Å². The normalized spacial score (nSPS) is 21.6. The van der Waals surface area contributed by atoms with E-state index < -0.39 is 56.2 Å². The second-order valence-corrected chi connectivity index (χ2v) is 9.43. The molecule has 0 amide bonds. The van der Waals surface area contributed by atoms with E-state index in [-0.39, 0.29) is 29.2 Å². The van der Waals surface area contributed by atoms with Gasteiger partial charge >= 0.3 is 0 Å². The topological polar surface area (TPSA) is 81.7 Å². The van der Waals surface area contributed by atoms with Crippen LogP contribution in [0.5, 0.6) is 5.88 Å². The fourth-order valence-corrected chi connectivity index (χ4v) is 5.03. The van der Waals surface area contributed by atoms with Gasteiger partial charge in [-0.1, -0.05) is 6.07 Å². The molecule has 2 aliphatic heterocycles. The van der Waals surface area contributed by atoms with Crippen LogP contribution in [-0.4, -0.2) is 86.8 Å². The molecule has 2 saturated heterocycles. The van der Waals surface area contributed by atoms with Crippen LogP contribution < -0.4 is 10.1 Å². The van der Waals surface area contributed by atoms with Crippen LogP contribution in [0.25, 0.3) is 27.7 Å². The number of methoxy groups -OCH3 is 1. The molecule has 0 aliphatic carbocycles. The summed E-state index contributed by atoms with van der Waals surface area (Å²) in [4.78, 5) is 9.91. The lowest BCUT2D eigenvalue weighted by Crippen LogP contribution is -2.48. The molecule has 1 N–H and O–H groups in total. The molecule has 9 nitrogen and oxygen atoms in total. The Morgan fingerprint density at radius 3 is 2.82 bits per heavy atom. The van der Waals surface area contributed by atoms with E-state index in [1.165, 1.54) is 22.8 Å². The van der Waals surface area contributed by atoms with Crippen molar-refractivity contribution in [2.24, 2.45) is 0 Å². The number of rotatable bonds is 7. The van der Waals surface area contributed by atoms with Crippen LogP contribution in [0.4, 0.5) is 27.9 Å². The predicted molar refractivity (Wildman–Crippen MR) is 128 cm³/mol. The van der Waals surface area contributed by atoms with Gasteiger partial charge in [-0.05, 0) is 24.6 Å². The number of aryl methyl sites for hydroxylation is 1. The highest BCUT2D eigenvalue weighted by Crippen LogP contribution is 2.37. The summed E-state index contributed by atoms with van der Waals surface area (Å²) in [7, 11) is -3.03. The summed E-state index contributed by atoms with van der Waals surface area (Å²) in [6.07, 6.45) is -1.73. The van der Waals surface area contributed by atoms with Crippen LogP contribution in [0, 0.1) is 12.7 Å². The highest BCUT2D eigenvalue weighted by molar-refractivity contribution is 5.90. The maximum atomic E-state index is 15.5. The van der Waals surface area contributed by atoms with Crippen molar-refractivity contribution in [3.63, 3.8) is 0 Å². The van der Waals surface area contributed by atoms with Crippen LogP contribution in [-0.2, 0) is 11.3 Å². The lowest BCUT2D eigenvalue weighted by molar-refractivity contribution is -0.0711. The van der Waals surface area contributed by atoms with Gasteiger partial charge in [-0.15, -0.1) is 5.10 Å². The van der Waals surface area contributed by atoms with Gasteiger partial charge < -0.3 is 19.4 Å². The van der Waals surface area contributed by atoms with Gasteiger partial charge in [0, 0.05) is 6.54 Å². The minimum atomic E-state index is -3.17. The molecule has 202 valence electrons. The van der Waals surface area contributed by atoms with Crippen LogP contribution in [0.15, 0.2) is 24.4 Å². The number of benzene rings is 1. The van der Waals surface area contributed by atoms with Crippen molar-refractivity contribution in [1.82, 2.24) is 29.0 Å². The van der Waals surface area contributed by atoms with E-state index in [4.69, 9.17) is 13.6 Å². The lowest BCUT2D eigenvalue weighted by Gasteiger charge is -2.34. The highest BCUT2D eigenvalue weighted by atomic mass is 19.3. The third kappa shape index (κ3) is 4.11. The first kappa shape index (κ1) is 21.4. The first-order valence-corrected chi connectivity index (χ1v) is 11.8. The van der Waals surface area contributed by atoms with Crippen LogP contribution in [0.3, 0.4) is 0 Å². The zero-order valence-corrected chi connectivity index (χ0v) is 20.0. The number of anilines is 1. The Balaban J connectivity index is 1.43. The van der Waals surface area contributed by atoms with E-state index in [2.05, 4.69) is 20.4 Å². The number of hydrogen-bond donors (Lipinski definition) is 1. The molecule has 2 aliphatic rings. The molecule has 4 aromatic rings. The largest absolute Gasteiger partial charge is 0.479 e. The Morgan fingerprint density at radius 2 is 2.11 bits per heavy atom. The molecule has 0 bridgehead atoms. The van der Waals surface area contributed by atoms with Crippen molar-refractivity contribution in [2.75, 3.05) is 38.7 Å². The van der Waals surface area contributed by atoms with Crippen molar-refractivity contribution in [3.05, 3.63) is 36.0 Å². The average Bonchev–Trinajstić information content (AvgIpc) is 3.41. The first-order chi connectivity index (χ1) is 19.3. The molecule has 14 heteroatoms. The Kier molecular flexibility index (Phi) is 5.10. The maximum absolute atomic E-state index is 15.5. The smallest absolute Gasteiger partial charge is 0.281 e. The molecule has 3 aromatic heterocycles. The Bertz CT molecular complexity index is 1620. The molecule has 0 spiro atoms. The SMILES string of the molecule is [2H]C([2H])([2H])Oc1nc(N[C@@H]2CN(C3COC3)CC2(F)F)nn2cc(F)c(-c3ccc4nc(C)n(CC(F)F)c4c3)c12. The molecule has 0 radical (unpaired) electrons. The summed E-state index contributed by atoms with van der Waals surface area (Å²) in [5.41, 5.74) is 0.543. The van der Waals surface area contributed by atoms with Gasteiger partial charge in [-0.25, -0.2) is 31.5 Å². The number of hydrogen-bond acceptors (Lipinski definition) is 7. The van der Waals surface area contributed by atoms with Crippen molar-refractivity contribution in [3.8, 4) is 17.0 Å². The summed E-state index contributed by atoms with van der Waals surface area (Å²) in [6, 6.07) is 2.90. The Morgan fingerprint density at radius 1 is 1.29 bits per heavy atom. The molecule has 38 heavy (non-hydrogen) atoms. The quantitative estimate of drug-likeness (QED) is 0.359. The van der Waals surface area contributed by atoms with E-state index in [1.807, 2.05) is 0 Å². The zero-order chi connectivity index (χ0) is 29.3. The van der Waals surface area contributed by atoms with Crippen molar-refractivity contribution < 1.29 is 35.5 Å². The first-order valence-electron chi connectivity index (χ1n) is 13.3. The van der Waals surface area contributed by atoms with E-state index in [9.17, 15) is 17.6 Å². The number of likely N-dealkylation sites (tertiary alicyclic amines) is 1. The molecule has 6 rings (SSSR count). The van der Waals surface area contributed by atoms with Gasteiger partial charge in [-0.2, -0.15) is 4.98 Å². The number of imidazole rings is 1. The van der Waals surface area contributed by atoms with Crippen LogP contribution in [0.1, 0.15) is 9.94 Å². The molecule has 2 fully saturated rings. The fraction of sp³-hybridized carbons (Fsp3) is 0.458. The van der Waals surface area contributed by atoms with Gasteiger partial charge in [0.2, 0.25) is 11.8 Å². The van der Waals surface area contributed by atoms with E-state index >= 15 is 4.39 Å². The number of nitrogens with zero attached hydrogens (tertiary/aromatic N) is 6. The molecular formula is C24H24F5N7O2. The summed E-state index contributed by atoms with van der Waals surface area (Å²) in [6.45, 7) is 1.07. The summed E-state index contributed by atoms with van der Waals surface area (Å²) < 4.78 is 107. The number of alkyl halides is 4. The number of ether oxygens (including phenoxy) is 2. The van der Waals surface area contributed by atoms with Gasteiger partial charge in [-0.3, -0.25) is 4.90 Å². The third-order valence-electron chi connectivity index (χ3n) is 6.98. The lowest BCUT2D eigenvalue weighted by atomic mass is 10.1. The number of fused-ring (bicyclic) bond motifs is 2. The summed E-state index contributed by atoms with van der Waals surface area (Å²) >= 11 is 0. The van der Waals surface area contributed by atoms with E-state index in [0.29, 0.717) is 30.1 Å². The monoisotopic (exact) mass is 540 g/mol.